The molecular weight excluding hydrogens is 623 g/mol. The molecule has 10 rings (SSSR count). The maximum absolute atomic E-state index is 6.68. The Hall–Kier alpha value is -6.78. The van der Waals surface area contributed by atoms with Gasteiger partial charge in [-0.2, -0.15) is 0 Å². The van der Waals surface area contributed by atoms with E-state index in [0.717, 1.165) is 61.4 Å². The van der Waals surface area contributed by atoms with Gasteiger partial charge in [0.25, 0.3) is 0 Å². The first-order chi connectivity index (χ1) is 25.3. The van der Waals surface area contributed by atoms with Crippen LogP contribution in [0.5, 0.6) is 0 Å². The number of furan rings is 1. The zero-order chi connectivity index (χ0) is 33.7. The number of para-hydroxylation sites is 1. The van der Waals surface area contributed by atoms with Crippen LogP contribution in [-0.2, 0) is 0 Å². The molecule has 51 heavy (non-hydrogen) atoms. The summed E-state index contributed by atoms with van der Waals surface area (Å²) in [5, 5.41) is 10.5. The van der Waals surface area contributed by atoms with E-state index < -0.39 is 6.17 Å². The number of benzene rings is 8. The molecule has 9 aromatic rings. The quantitative estimate of drug-likeness (QED) is 0.188. The third-order valence-corrected chi connectivity index (χ3v) is 9.94. The molecule has 8 aromatic carbocycles. The molecule has 0 fully saturated rings. The SMILES string of the molecule is c1ccc(C2=NC(c3cccc4oc5c(-c6ccc(-c7ccccc7)cc6)cccc5c34)N=C(c3ccc4ccc5ccccc5c4c3)N2)cc1. The summed E-state index contributed by atoms with van der Waals surface area (Å²) in [6, 6.07) is 61.6. The van der Waals surface area contributed by atoms with E-state index in [0.29, 0.717) is 0 Å². The lowest BCUT2D eigenvalue weighted by atomic mass is 9.97. The molecule has 1 aliphatic rings. The molecule has 1 atom stereocenters. The van der Waals surface area contributed by atoms with Gasteiger partial charge in [-0.15, -0.1) is 0 Å². The minimum atomic E-state index is -0.488. The summed E-state index contributed by atoms with van der Waals surface area (Å²) in [6.07, 6.45) is -0.488. The van der Waals surface area contributed by atoms with Gasteiger partial charge in [0.1, 0.15) is 22.8 Å². The van der Waals surface area contributed by atoms with Crippen molar-refractivity contribution >= 4 is 55.2 Å². The lowest BCUT2D eigenvalue weighted by molar-refractivity contribution is 0.668. The molecule has 2 heterocycles. The Labute approximate surface area is 295 Å². The molecule has 4 heteroatoms. The van der Waals surface area contributed by atoms with Crippen molar-refractivity contribution in [3.05, 3.63) is 193 Å². The first kappa shape index (κ1) is 29.2. The number of fused-ring (bicyclic) bond motifs is 6. The average Bonchev–Trinajstić information content (AvgIpc) is 3.60. The first-order valence-electron chi connectivity index (χ1n) is 17.3. The summed E-state index contributed by atoms with van der Waals surface area (Å²) in [7, 11) is 0. The molecule has 0 saturated heterocycles. The standard InChI is InChI=1S/C47H31N3O/c1-3-11-30(12-4-1)31-21-23-33(24-22-31)38-17-9-18-39-43-40(19-10-20-42(43)51-44(38)39)47-49-45(35-14-5-2-6-15-35)48-46(50-47)36-28-27-34-26-25-32-13-7-8-16-37(32)41(34)29-36/h1-29,47H,(H,48,49,50). The highest BCUT2D eigenvalue weighted by molar-refractivity contribution is 6.18. The number of hydrogen-bond acceptors (Lipinski definition) is 4. The van der Waals surface area contributed by atoms with E-state index in [2.05, 4.69) is 145 Å². The molecule has 0 radical (unpaired) electrons. The molecule has 0 bridgehead atoms. The molecule has 0 spiro atoms. The molecule has 0 amide bonds. The minimum absolute atomic E-state index is 0.488. The summed E-state index contributed by atoms with van der Waals surface area (Å²) in [6.45, 7) is 0. The topological polar surface area (TPSA) is 49.9 Å². The van der Waals surface area contributed by atoms with Gasteiger partial charge in [-0.1, -0.05) is 164 Å². The summed E-state index contributed by atoms with van der Waals surface area (Å²) >= 11 is 0. The number of amidine groups is 2. The van der Waals surface area contributed by atoms with Crippen molar-refractivity contribution in [3.8, 4) is 22.3 Å². The molecule has 1 aromatic heterocycles. The molecule has 1 N–H and O–H groups in total. The van der Waals surface area contributed by atoms with Crippen molar-refractivity contribution in [3.63, 3.8) is 0 Å². The van der Waals surface area contributed by atoms with Gasteiger partial charge in [-0.25, -0.2) is 9.98 Å². The van der Waals surface area contributed by atoms with Crippen LogP contribution in [0.1, 0.15) is 22.9 Å². The van der Waals surface area contributed by atoms with Gasteiger partial charge in [-0.3, -0.25) is 0 Å². The number of aliphatic imine (C=N–C) groups is 2. The van der Waals surface area contributed by atoms with E-state index in [4.69, 9.17) is 14.4 Å². The zero-order valence-corrected chi connectivity index (χ0v) is 27.6. The van der Waals surface area contributed by atoms with Crippen LogP contribution in [0.3, 0.4) is 0 Å². The highest BCUT2D eigenvalue weighted by atomic mass is 16.3. The monoisotopic (exact) mass is 653 g/mol. The van der Waals surface area contributed by atoms with Crippen molar-refractivity contribution in [2.75, 3.05) is 0 Å². The second kappa shape index (κ2) is 12.0. The predicted molar refractivity (Wildman–Crippen MR) is 211 cm³/mol. The van der Waals surface area contributed by atoms with Crippen LogP contribution in [0.15, 0.2) is 190 Å². The Balaban J connectivity index is 1.12. The molecule has 240 valence electrons. The maximum atomic E-state index is 6.68. The summed E-state index contributed by atoms with van der Waals surface area (Å²) in [5.74, 6) is 1.57. The van der Waals surface area contributed by atoms with Crippen LogP contribution in [0.25, 0.3) is 65.7 Å². The summed E-state index contributed by atoms with van der Waals surface area (Å²) in [4.78, 5) is 10.6. The van der Waals surface area contributed by atoms with Gasteiger partial charge in [0, 0.05) is 33.0 Å². The zero-order valence-electron chi connectivity index (χ0n) is 27.6. The Morgan fingerprint density at radius 2 is 1.02 bits per heavy atom. The number of hydrogen-bond donors (Lipinski definition) is 1. The van der Waals surface area contributed by atoms with Crippen LogP contribution in [0, 0.1) is 0 Å². The van der Waals surface area contributed by atoms with Gasteiger partial charge >= 0.3 is 0 Å². The fraction of sp³-hybridized carbons (Fsp3) is 0.0213. The molecular formula is C47H31N3O. The van der Waals surface area contributed by atoms with E-state index in [9.17, 15) is 0 Å². The van der Waals surface area contributed by atoms with Crippen LogP contribution < -0.4 is 5.32 Å². The smallest absolute Gasteiger partial charge is 0.170 e. The van der Waals surface area contributed by atoms with E-state index >= 15 is 0 Å². The number of nitrogens with one attached hydrogen (secondary N) is 1. The fourth-order valence-corrected chi connectivity index (χ4v) is 7.42. The average molecular weight is 654 g/mol. The van der Waals surface area contributed by atoms with Crippen molar-refractivity contribution in [2.24, 2.45) is 9.98 Å². The molecule has 1 unspecified atom stereocenters. The molecule has 0 saturated carbocycles. The van der Waals surface area contributed by atoms with Crippen LogP contribution in [0.4, 0.5) is 0 Å². The summed E-state index contributed by atoms with van der Waals surface area (Å²) in [5.41, 5.74) is 9.25. The highest BCUT2D eigenvalue weighted by Gasteiger charge is 2.25. The largest absolute Gasteiger partial charge is 0.455 e. The van der Waals surface area contributed by atoms with Crippen molar-refractivity contribution < 1.29 is 4.42 Å². The second-order valence-corrected chi connectivity index (χ2v) is 13.0. The fourth-order valence-electron chi connectivity index (χ4n) is 7.42. The van der Waals surface area contributed by atoms with Crippen molar-refractivity contribution in [1.82, 2.24) is 5.32 Å². The Morgan fingerprint density at radius 3 is 1.82 bits per heavy atom. The predicted octanol–water partition coefficient (Wildman–Crippen LogP) is 11.7. The van der Waals surface area contributed by atoms with Crippen LogP contribution in [0.2, 0.25) is 0 Å². The molecule has 0 aliphatic carbocycles. The van der Waals surface area contributed by atoms with Crippen molar-refractivity contribution in [2.45, 2.75) is 6.17 Å². The molecule has 4 nitrogen and oxygen atoms in total. The third kappa shape index (κ3) is 5.08. The van der Waals surface area contributed by atoms with Crippen LogP contribution >= 0.6 is 0 Å². The normalized spacial score (nSPS) is 14.5. The first-order valence-corrected chi connectivity index (χ1v) is 17.3. The Kier molecular flexibility index (Phi) is 6.85. The van der Waals surface area contributed by atoms with E-state index in [1.54, 1.807) is 0 Å². The Morgan fingerprint density at radius 1 is 0.431 bits per heavy atom. The van der Waals surface area contributed by atoms with Gasteiger partial charge in [-0.05, 0) is 50.4 Å². The third-order valence-electron chi connectivity index (χ3n) is 9.94. The van der Waals surface area contributed by atoms with Gasteiger partial charge in [0.05, 0.1) is 0 Å². The summed E-state index contributed by atoms with van der Waals surface area (Å²) < 4.78 is 6.68. The highest BCUT2D eigenvalue weighted by Crippen LogP contribution is 2.41. The van der Waals surface area contributed by atoms with E-state index in [1.807, 2.05) is 36.4 Å². The van der Waals surface area contributed by atoms with Crippen LogP contribution in [-0.4, -0.2) is 11.7 Å². The van der Waals surface area contributed by atoms with E-state index in [1.165, 1.54) is 32.7 Å². The van der Waals surface area contributed by atoms with Crippen molar-refractivity contribution in [1.29, 1.82) is 0 Å². The van der Waals surface area contributed by atoms with E-state index in [-0.39, 0.29) is 0 Å². The lowest BCUT2D eigenvalue weighted by Crippen LogP contribution is -2.36. The number of nitrogens with zero attached hydrogens (tertiary/aromatic N) is 2. The number of rotatable bonds is 5. The van der Waals surface area contributed by atoms with Gasteiger partial charge in [0.2, 0.25) is 0 Å². The van der Waals surface area contributed by atoms with Gasteiger partial charge < -0.3 is 9.73 Å². The maximum Gasteiger partial charge on any atom is 0.170 e. The molecule has 1 aliphatic heterocycles. The second-order valence-electron chi connectivity index (χ2n) is 13.0. The van der Waals surface area contributed by atoms with Gasteiger partial charge in [0.15, 0.2) is 6.17 Å². The minimum Gasteiger partial charge on any atom is -0.455 e. The Bertz CT molecular complexity index is 2820. The lowest BCUT2D eigenvalue weighted by Gasteiger charge is -2.23.